The van der Waals surface area contributed by atoms with E-state index in [-0.39, 0.29) is 17.1 Å². The average molecular weight is 263 g/mol. The summed E-state index contributed by atoms with van der Waals surface area (Å²) in [5.41, 5.74) is 0. The fourth-order valence-corrected chi connectivity index (χ4v) is 1.02. The zero-order valence-electron chi connectivity index (χ0n) is 9.62. The monoisotopic (exact) mass is 263 g/mol. The van der Waals surface area contributed by atoms with E-state index >= 15 is 0 Å². The minimum atomic E-state index is 0. The number of hydrogen-bond donors (Lipinski definition) is 0. The van der Waals surface area contributed by atoms with Crippen LogP contribution in [0.25, 0.3) is 0 Å². The zero-order chi connectivity index (χ0) is 11.3. The van der Waals surface area contributed by atoms with Crippen molar-refractivity contribution in [1.29, 1.82) is 0 Å². The van der Waals surface area contributed by atoms with Gasteiger partial charge in [0.25, 0.3) is 0 Å². The van der Waals surface area contributed by atoms with Gasteiger partial charge in [-0.05, 0) is 0 Å². The van der Waals surface area contributed by atoms with Crippen LogP contribution in [-0.2, 0) is 17.1 Å². The third-order valence-corrected chi connectivity index (χ3v) is 1.78. The molecule has 0 N–H and O–H groups in total. The molecule has 3 rings (SSSR count). The Morgan fingerprint density at radius 3 is 1.35 bits per heavy atom. The van der Waals surface area contributed by atoms with Gasteiger partial charge in [0.1, 0.15) is 0 Å². The van der Waals surface area contributed by atoms with Crippen molar-refractivity contribution in [3.05, 3.63) is 85.0 Å². The van der Waals surface area contributed by atoms with Gasteiger partial charge in [0.2, 0.25) is 0 Å². The minimum absolute atomic E-state index is 0. The van der Waals surface area contributed by atoms with Gasteiger partial charge in [0.05, 0.1) is 0 Å². The molecule has 0 aromatic heterocycles. The molecule has 0 nitrogen and oxygen atoms in total. The van der Waals surface area contributed by atoms with Crippen molar-refractivity contribution in [2.24, 2.45) is 0 Å². The summed E-state index contributed by atoms with van der Waals surface area (Å²) in [6.45, 7) is 0. The van der Waals surface area contributed by atoms with Gasteiger partial charge in [0.15, 0.2) is 0 Å². The molecule has 0 bridgehead atoms. The predicted molar refractivity (Wildman–Crippen MR) is 68.4 cm³/mol. The molecule has 2 aliphatic carbocycles. The molecular weight excluding hydrogens is 248 g/mol. The van der Waals surface area contributed by atoms with E-state index in [4.69, 9.17) is 0 Å². The number of rotatable bonds is 0. The van der Waals surface area contributed by atoms with Gasteiger partial charge in [-0.15, -0.1) is 12.8 Å². The van der Waals surface area contributed by atoms with Crippen molar-refractivity contribution >= 4 is 0 Å². The van der Waals surface area contributed by atoms with Gasteiger partial charge in [-0.1, -0.05) is 0 Å². The Bertz CT molecular complexity index is 290. The van der Waals surface area contributed by atoms with Crippen molar-refractivity contribution < 1.29 is 17.1 Å². The van der Waals surface area contributed by atoms with E-state index in [2.05, 4.69) is 30.4 Å². The topological polar surface area (TPSA) is 0 Å². The molecule has 0 atom stereocenters. The first-order chi connectivity index (χ1) is 8.00. The second-order valence-corrected chi connectivity index (χ2v) is 3.08. The van der Waals surface area contributed by atoms with Crippen LogP contribution in [0.2, 0.25) is 0 Å². The summed E-state index contributed by atoms with van der Waals surface area (Å²) >= 11 is 0. The van der Waals surface area contributed by atoms with Crippen LogP contribution in [-0.4, -0.2) is 0 Å². The fourth-order valence-electron chi connectivity index (χ4n) is 1.02. The molecule has 0 aliphatic heterocycles. The van der Waals surface area contributed by atoms with Crippen LogP contribution in [0.15, 0.2) is 66.8 Å². The van der Waals surface area contributed by atoms with Crippen LogP contribution in [0.4, 0.5) is 0 Å². The second-order valence-electron chi connectivity index (χ2n) is 3.08. The first kappa shape index (κ1) is 15.7. The van der Waals surface area contributed by atoms with Crippen LogP contribution in [0.1, 0.15) is 12.8 Å². The van der Waals surface area contributed by atoms with Gasteiger partial charge >= 0.3 is 17.1 Å². The molecule has 17 heavy (non-hydrogen) atoms. The van der Waals surface area contributed by atoms with Gasteiger partial charge in [-0.3, -0.25) is 12.2 Å². The van der Waals surface area contributed by atoms with Crippen LogP contribution in [0.3, 0.4) is 0 Å². The second kappa shape index (κ2) is 12.8. The molecule has 0 amide bonds. The van der Waals surface area contributed by atoms with Crippen molar-refractivity contribution in [2.45, 2.75) is 12.8 Å². The van der Waals surface area contributed by atoms with Crippen LogP contribution in [0.5, 0.6) is 0 Å². The van der Waals surface area contributed by atoms with E-state index in [1.807, 2.05) is 54.6 Å². The van der Waals surface area contributed by atoms with Gasteiger partial charge in [-0.2, -0.15) is 48.6 Å². The minimum Gasteiger partial charge on any atom is -0.273 e. The maximum Gasteiger partial charge on any atom is 3.00 e. The third kappa shape index (κ3) is 11.0. The first-order valence-corrected chi connectivity index (χ1v) is 5.34. The quantitative estimate of drug-likeness (QED) is 0.488. The maximum atomic E-state index is 2.99. The van der Waals surface area contributed by atoms with Crippen molar-refractivity contribution in [3.8, 4) is 0 Å². The molecule has 1 heteroatoms. The van der Waals surface area contributed by atoms with Crippen molar-refractivity contribution in [1.82, 2.24) is 0 Å². The van der Waals surface area contributed by atoms with E-state index in [1.54, 1.807) is 0 Å². The maximum absolute atomic E-state index is 2.99. The standard InChI is InChI=1S/C6H5.2C5H5.Fe/c1-2-4-6-5-3-1;2*1-2-4-5-3-1;/h1-5H;2*1-3H,4H2;/q3*-1;+3. The third-order valence-electron chi connectivity index (χ3n) is 1.78. The molecule has 87 valence electrons. The van der Waals surface area contributed by atoms with E-state index in [9.17, 15) is 0 Å². The molecule has 2 aliphatic rings. The van der Waals surface area contributed by atoms with E-state index in [1.165, 1.54) is 0 Å². The summed E-state index contributed by atoms with van der Waals surface area (Å²) in [5, 5.41) is 0. The summed E-state index contributed by atoms with van der Waals surface area (Å²) in [7, 11) is 0. The summed E-state index contributed by atoms with van der Waals surface area (Å²) in [5.74, 6) is 0. The van der Waals surface area contributed by atoms with Gasteiger partial charge in [0, 0.05) is 0 Å². The number of benzene rings is 1. The van der Waals surface area contributed by atoms with E-state index in [0.29, 0.717) is 0 Å². The molecule has 0 saturated carbocycles. The molecular formula is C16H15Fe. The normalized spacial score (nSPS) is 13.2. The smallest absolute Gasteiger partial charge is 0.273 e. The molecule has 0 spiro atoms. The largest absolute Gasteiger partial charge is 3.00 e. The Morgan fingerprint density at radius 1 is 0.706 bits per heavy atom. The summed E-state index contributed by atoms with van der Waals surface area (Å²) in [6, 6.07) is 12.5. The predicted octanol–water partition coefficient (Wildman–Crippen LogP) is 4.10. The van der Waals surface area contributed by atoms with Crippen LogP contribution in [0, 0.1) is 18.2 Å². The number of hydrogen-bond acceptors (Lipinski definition) is 0. The van der Waals surface area contributed by atoms with E-state index in [0.717, 1.165) is 12.8 Å². The molecule has 0 fully saturated rings. The van der Waals surface area contributed by atoms with Crippen LogP contribution >= 0.6 is 0 Å². The summed E-state index contributed by atoms with van der Waals surface area (Å²) < 4.78 is 0. The Hall–Kier alpha value is -1.30. The summed E-state index contributed by atoms with van der Waals surface area (Å²) in [4.78, 5) is 0. The van der Waals surface area contributed by atoms with E-state index < -0.39 is 0 Å². The molecule has 0 saturated heterocycles. The summed E-state index contributed by atoms with van der Waals surface area (Å²) in [6.07, 6.45) is 20.0. The Labute approximate surface area is 115 Å². The molecule has 0 heterocycles. The molecule has 1 radical (unpaired) electrons. The Kier molecular flexibility index (Phi) is 11.8. The first-order valence-electron chi connectivity index (χ1n) is 5.34. The fraction of sp³-hybridized carbons (Fsp3) is 0.125. The van der Waals surface area contributed by atoms with Gasteiger partial charge < -0.3 is 0 Å². The van der Waals surface area contributed by atoms with Crippen molar-refractivity contribution in [2.75, 3.05) is 0 Å². The molecule has 1 aromatic rings. The average Bonchev–Trinajstić information content (AvgIpc) is 3.10. The van der Waals surface area contributed by atoms with Crippen LogP contribution < -0.4 is 0 Å². The Morgan fingerprint density at radius 2 is 1.24 bits per heavy atom. The Balaban J connectivity index is 0.000000221. The molecule has 0 unspecified atom stereocenters. The zero-order valence-corrected chi connectivity index (χ0v) is 10.7. The SMILES string of the molecule is [C-]1=CC=CC1.[C-]1=CC=CC1.[Fe+3].[c-]1ccccc1. The molecule has 1 aromatic carbocycles. The van der Waals surface area contributed by atoms with Crippen molar-refractivity contribution in [3.63, 3.8) is 0 Å². The van der Waals surface area contributed by atoms with Gasteiger partial charge in [-0.25, -0.2) is 24.3 Å². The number of allylic oxidation sites excluding steroid dienone is 8.